The standard InChI is InChI=1S/C36H71/c1-5-9-13-17-21-25-29-33-35(31-27-23-19-15-11-7-3)36(32-28-24-20-16-12-8-4)34-30-26-22-18-14-10-6-2/h21,25,35-36H,3,5-20,22-24,26-34H2,1-2,4H3/b25-21-. The van der Waals surface area contributed by atoms with Gasteiger partial charge in [0, 0.05) is 0 Å². The van der Waals surface area contributed by atoms with Gasteiger partial charge in [-0.15, -0.1) is 0 Å². The van der Waals surface area contributed by atoms with Crippen LogP contribution in [0.5, 0.6) is 0 Å². The Morgan fingerprint density at radius 3 is 1.22 bits per heavy atom. The highest BCUT2D eigenvalue weighted by Gasteiger charge is 2.20. The molecule has 0 aliphatic carbocycles. The van der Waals surface area contributed by atoms with Crippen LogP contribution in [0.2, 0.25) is 0 Å². The fourth-order valence-corrected chi connectivity index (χ4v) is 5.95. The summed E-state index contributed by atoms with van der Waals surface area (Å²) in [6.07, 6.45) is 44.7. The second-order valence-electron chi connectivity index (χ2n) is 11.9. The monoisotopic (exact) mass is 504 g/mol. The molecule has 0 rings (SSSR count). The molecule has 0 N–H and O–H groups in total. The lowest BCUT2D eigenvalue weighted by atomic mass is 9.78. The molecule has 0 nitrogen and oxygen atoms in total. The van der Waals surface area contributed by atoms with Gasteiger partial charge in [-0.2, -0.15) is 0 Å². The summed E-state index contributed by atoms with van der Waals surface area (Å²) in [6, 6.07) is 0. The lowest BCUT2D eigenvalue weighted by molar-refractivity contribution is 0.243. The van der Waals surface area contributed by atoms with Gasteiger partial charge in [0.25, 0.3) is 0 Å². The topological polar surface area (TPSA) is 0 Å². The third-order valence-corrected chi connectivity index (χ3v) is 8.44. The van der Waals surface area contributed by atoms with Gasteiger partial charge in [-0.3, -0.25) is 0 Å². The van der Waals surface area contributed by atoms with Crippen molar-refractivity contribution in [2.45, 2.75) is 201 Å². The summed E-state index contributed by atoms with van der Waals surface area (Å²) < 4.78 is 0. The van der Waals surface area contributed by atoms with E-state index in [4.69, 9.17) is 0 Å². The Kier molecular flexibility index (Phi) is 30.7. The SMILES string of the molecule is [CH2]CCCCCCCC(CC/C=C\CCCCC)C(CCCCCCCC)CCCCCCCCC. The van der Waals surface area contributed by atoms with Crippen LogP contribution in [0.4, 0.5) is 0 Å². The first-order chi connectivity index (χ1) is 17.8. The maximum absolute atomic E-state index is 4.02. The van der Waals surface area contributed by atoms with Crippen LogP contribution in [0.25, 0.3) is 0 Å². The van der Waals surface area contributed by atoms with Crippen LogP contribution in [0.15, 0.2) is 12.2 Å². The Morgan fingerprint density at radius 1 is 0.389 bits per heavy atom. The minimum Gasteiger partial charge on any atom is -0.0885 e. The molecule has 0 aromatic heterocycles. The Morgan fingerprint density at radius 2 is 0.750 bits per heavy atom. The Hall–Kier alpha value is -0.260. The number of hydrogen-bond donors (Lipinski definition) is 0. The molecule has 0 saturated heterocycles. The summed E-state index contributed by atoms with van der Waals surface area (Å²) in [7, 11) is 0. The van der Waals surface area contributed by atoms with Crippen LogP contribution in [0.3, 0.4) is 0 Å². The van der Waals surface area contributed by atoms with Crippen molar-refractivity contribution in [3.8, 4) is 0 Å². The van der Waals surface area contributed by atoms with Gasteiger partial charge in [-0.05, 0) is 37.5 Å². The number of rotatable bonds is 30. The zero-order valence-electron chi connectivity index (χ0n) is 25.8. The predicted octanol–water partition coefficient (Wildman–Crippen LogP) is 13.6. The summed E-state index contributed by atoms with van der Waals surface area (Å²) in [5.74, 6) is 1.95. The van der Waals surface area contributed by atoms with Crippen LogP contribution in [0.1, 0.15) is 201 Å². The van der Waals surface area contributed by atoms with Gasteiger partial charge in [0.2, 0.25) is 0 Å². The Balaban J connectivity index is 4.76. The van der Waals surface area contributed by atoms with E-state index in [2.05, 4.69) is 39.8 Å². The summed E-state index contributed by atoms with van der Waals surface area (Å²) >= 11 is 0. The van der Waals surface area contributed by atoms with Gasteiger partial charge in [0.05, 0.1) is 0 Å². The fraction of sp³-hybridized carbons (Fsp3) is 0.917. The van der Waals surface area contributed by atoms with E-state index >= 15 is 0 Å². The molecule has 0 amide bonds. The van der Waals surface area contributed by atoms with Crippen molar-refractivity contribution in [1.29, 1.82) is 0 Å². The minimum atomic E-state index is 0.967. The highest BCUT2D eigenvalue weighted by atomic mass is 14.3. The molecule has 0 heteroatoms. The molecule has 1 radical (unpaired) electrons. The van der Waals surface area contributed by atoms with Gasteiger partial charge in [0.15, 0.2) is 0 Å². The second-order valence-corrected chi connectivity index (χ2v) is 11.9. The van der Waals surface area contributed by atoms with E-state index in [-0.39, 0.29) is 0 Å². The van der Waals surface area contributed by atoms with Crippen molar-refractivity contribution < 1.29 is 0 Å². The molecular weight excluding hydrogens is 432 g/mol. The molecule has 2 atom stereocenters. The molecule has 2 unspecified atom stereocenters. The van der Waals surface area contributed by atoms with Gasteiger partial charge >= 0.3 is 0 Å². The number of allylic oxidation sites excluding steroid dienone is 2. The van der Waals surface area contributed by atoms with Crippen LogP contribution >= 0.6 is 0 Å². The Labute approximate surface area is 231 Å². The number of hydrogen-bond acceptors (Lipinski definition) is 0. The fourth-order valence-electron chi connectivity index (χ4n) is 5.95. The second kappa shape index (κ2) is 31.0. The third-order valence-electron chi connectivity index (χ3n) is 8.44. The van der Waals surface area contributed by atoms with Crippen LogP contribution in [0, 0.1) is 18.8 Å². The largest absolute Gasteiger partial charge is 0.0885 e. The van der Waals surface area contributed by atoms with E-state index < -0.39 is 0 Å². The predicted molar refractivity (Wildman–Crippen MR) is 168 cm³/mol. The minimum absolute atomic E-state index is 0.967. The average Bonchev–Trinajstić information content (AvgIpc) is 2.89. The molecule has 0 aliphatic rings. The van der Waals surface area contributed by atoms with Crippen molar-refractivity contribution in [2.24, 2.45) is 11.8 Å². The van der Waals surface area contributed by atoms with Gasteiger partial charge in [-0.25, -0.2) is 0 Å². The number of unbranched alkanes of at least 4 members (excludes halogenated alkanes) is 19. The summed E-state index contributed by atoms with van der Waals surface area (Å²) in [5.41, 5.74) is 0. The van der Waals surface area contributed by atoms with Crippen LogP contribution < -0.4 is 0 Å². The van der Waals surface area contributed by atoms with E-state index in [0.29, 0.717) is 0 Å². The maximum atomic E-state index is 4.02. The summed E-state index contributed by atoms with van der Waals surface area (Å²) in [6.45, 7) is 11.0. The zero-order valence-corrected chi connectivity index (χ0v) is 25.8. The normalized spacial score (nSPS) is 13.6. The molecule has 0 aromatic rings. The first-order valence-corrected chi connectivity index (χ1v) is 17.2. The van der Waals surface area contributed by atoms with Gasteiger partial charge in [-0.1, -0.05) is 194 Å². The Bertz CT molecular complexity index is 408. The van der Waals surface area contributed by atoms with Crippen LogP contribution in [-0.2, 0) is 0 Å². The highest BCUT2D eigenvalue weighted by Crippen LogP contribution is 2.33. The molecule has 0 aromatic carbocycles. The molecule has 0 bridgehead atoms. The smallest absolute Gasteiger partial charge is 0.0348 e. The summed E-state index contributed by atoms with van der Waals surface area (Å²) in [4.78, 5) is 0. The van der Waals surface area contributed by atoms with E-state index in [9.17, 15) is 0 Å². The van der Waals surface area contributed by atoms with E-state index in [1.54, 1.807) is 0 Å². The quantitative estimate of drug-likeness (QED) is 0.0675. The molecule has 215 valence electrons. The van der Waals surface area contributed by atoms with Crippen LogP contribution in [-0.4, -0.2) is 0 Å². The van der Waals surface area contributed by atoms with E-state index in [0.717, 1.165) is 18.3 Å². The first kappa shape index (κ1) is 35.7. The molecule has 0 aliphatic heterocycles. The van der Waals surface area contributed by atoms with Crippen molar-refractivity contribution in [3.63, 3.8) is 0 Å². The molecular formula is C36H71. The summed E-state index contributed by atoms with van der Waals surface area (Å²) in [5, 5.41) is 0. The maximum Gasteiger partial charge on any atom is -0.0348 e. The first-order valence-electron chi connectivity index (χ1n) is 17.2. The molecule has 0 saturated carbocycles. The van der Waals surface area contributed by atoms with Gasteiger partial charge < -0.3 is 0 Å². The lowest BCUT2D eigenvalue weighted by Gasteiger charge is -2.28. The zero-order chi connectivity index (χ0) is 26.4. The lowest BCUT2D eigenvalue weighted by Crippen LogP contribution is -2.16. The molecule has 36 heavy (non-hydrogen) atoms. The molecule has 0 heterocycles. The highest BCUT2D eigenvalue weighted by molar-refractivity contribution is 4.83. The third kappa shape index (κ3) is 25.4. The molecule has 0 fully saturated rings. The van der Waals surface area contributed by atoms with Crippen molar-refractivity contribution >= 4 is 0 Å². The van der Waals surface area contributed by atoms with E-state index in [1.807, 2.05) is 0 Å². The average molecular weight is 504 g/mol. The van der Waals surface area contributed by atoms with E-state index in [1.165, 1.54) is 173 Å². The van der Waals surface area contributed by atoms with Gasteiger partial charge in [0.1, 0.15) is 0 Å². The van der Waals surface area contributed by atoms with Crippen molar-refractivity contribution in [2.75, 3.05) is 0 Å². The van der Waals surface area contributed by atoms with Crippen molar-refractivity contribution in [1.82, 2.24) is 0 Å². The van der Waals surface area contributed by atoms with Crippen molar-refractivity contribution in [3.05, 3.63) is 19.1 Å². The molecule has 0 spiro atoms.